The smallest absolute Gasteiger partial charge is 0.163 e. The highest BCUT2D eigenvalue weighted by molar-refractivity contribution is 9.10. The Morgan fingerprint density at radius 2 is 1.83 bits per heavy atom. The van der Waals surface area contributed by atoms with Gasteiger partial charge < -0.3 is 0 Å². The SMILES string of the molecule is Cc1ccc(C(=O)CCc2cccc(Br)c2)cc1. The first kappa shape index (κ1) is 13.0. The fourth-order valence-corrected chi connectivity index (χ4v) is 2.28. The highest BCUT2D eigenvalue weighted by atomic mass is 79.9. The number of rotatable bonds is 4. The molecule has 0 unspecified atom stereocenters. The normalized spacial score (nSPS) is 10.3. The highest BCUT2D eigenvalue weighted by Crippen LogP contribution is 2.14. The second kappa shape index (κ2) is 5.96. The van der Waals surface area contributed by atoms with Gasteiger partial charge in [0.1, 0.15) is 0 Å². The van der Waals surface area contributed by atoms with Crippen LogP contribution >= 0.6 is 15.9 Å². The molecular formula is C16H15BrO. The zero-order valence-corrected chi connectivity index (χ0v) is 11.9. The van der Waals surface area contributed by atoms with E-state index in [1.807, 2.05) is 49.4 Å². The van der Waals surface area contributed by atoms with Gasteiger partial charge in [0, 0.05) is 16.5 Å². The molecule has 2 heteroatoms. The van der Waals surface area contributed by atoms with Crippen LogP contribution in [0.2, 0.25) is 0 Å². The van der Waals surface area contributed by atoms with Crippen molar-refractivity contribution in [2.45, 2.75) is 19.8 Å². The van der Waals surface area contributed by atoms with Gasteiger partial charge in [-0.1, -0.05) is 57.9 Å². The number of aryl methyl sites for hydroxylation is 2. The molecule has 18 heavy (non-hydrogen) atoms. The fraction of sp³-hybridized carbons (Fsp3) is 0.188. The molecule has 0 bridgehead atoms. The standard InChI is InChI=1S/C16H15BrO/c1-12-5-8-14(9-6-12)16(18)10-7-13-3-2-4-15(17)11-13/h2-6,8-9,11H,7,10H2,1H3. The average molecular weight is 303 g/mol. The monoisotopic (exact) mass is 302 g/mol. The second-order valence-electron chi connectivity index (χ2n) is 4.42. The van der Waals surface area contributed by atoms with E-state index in [4.69, 9.17) is 0 Å². The van der Waals surface area contributed by atoms with Gasteiger partial charge in [-0.2, -0.15) is 0 Å². The zero-order chi connectivity index (χ0) is 13.0. The first-order valence-electron chi connectivity index (χ1n) is 5.99. The fourth-order valence-electron chi connectivity index (χ4n) is 1.83. The molecule has 92 valence electrons. The Kier molecular flexibility index (Phi) is 4.32. The number of benzene rings is 2. The van der Waals surface area contributed by atoms with E-state index < -0.39 is 0 Å². The van der Waals surface area contributed by atoms with E-state index >= 15 is 0 Å². The van der Waals surface area contributed by atoms with Gasteiger partial charge >= 0.3 is 0 Å². The number of carbonyl (C=O) groups excluding carboxylic acids is 1. The van der Waals surface area contributed by atoms with E-state index in [1.165, 1.54) is 11.1 Å². The molecule has 0 N–H and O–H groups in total. The van der Waals surface area contributed by atoms with Crippen LogP contribution in [-0.4, -0.2) is 5.78 Å². The molecule has 0 aromatic heterocycles. The summed E-state index contributed by atoms with van der Waals surface area (Å²) in [6, 6.07) is 15.9. The van der Waals surface area contributed by atoms with Gasteiger partial charge in [-0.15, -0.1) is 0 Å². The van der Waals surface area contributed by atoms with Crippen molar-refractivity contribution in [1.29, 1.82) is 0 Å². The molecule has 2 aromatic rings. The largest absolute Gasteiger partial charge is 0.294 e. The number of hydrogen-bond acceptors (Lipinski definition) is 1. The van der Waals surface area contributed by atoms with Crippen LogP contribution in [0.1, 0.15) is 27.9 Å². The molecule has 0 radical (unpaired) electrons. The van der Waals surface area contributed by atoms with Crippen LogP contribution in [0, 0.1) is 6.92 Å². The van der Waals surface area contributed by atoms with Gasteiger partial charge in [-0.05, 0) is 31.0 Å². The minimum atomic E-state index is 0.204. The third-order valence-corrected chi connectivity index (χ3v) is 3.40. The lowest BCUT2D eigenvalue weighted by Crippen LogP contribution is -2.01. The van der Waals surface area contributed by atoms with Crippen LogP contribution in [0.4, 0.5) is 0 Å². The summed E-state index contributed by atoms with van der Waals surface area (Å²) in [6.07, 6.45) is 1.34. The maximum Gasteiger partial charge on any atom is 0.163 e. The van der Waals surface area contributed by atoms with Crippen molar-refractivity contribution in [3.05, 3.63) is 69.7 Å². The van der Waals surface area contributed by atoms with Crippen LogP contribution in [0.5, 0.6) is 0 Å². The highest BCUT2D eigenvalue weighted by Gasteiger charge is 2.05. The van der Waals surface area contributed by atoms with Crippen molar-refractivity contribution in [3.63, 3.8) is 0 Å². The summed E-state index contributed by atoms with van der Waals surface area (Å²) in [4.78, 5) is 12.0. The molecule has 0 spiro atoms. The minimum Gasteiger partial charge on any atom is -0.294 e. The van der Waals surface area contributed by atoms with Crippen molar-refractivity contribution in [2.24, 2.45) is 0 Å². The predicted octanol–water partition coefficient (Wildman–Crippen LogP) is 4.57. The lowest BCUT2D eigenvalue weighted by molar-refractivity contribution is 0.0983. The summed E-state index contributed by atoms with van der Waals surface area (Å²) in [5.41, 5.74) is 3.17. The predicted molar refractivity (Wildman–Crippen MR) is 78.0 cm³/mol. The van der Waals surface area contributed by atoms with Crippen LogP contribution < -0.4 is 0 Å². The second-order valence-corrected chi connectivity index (χ2v) is 5.33. The average Bonchev–Trinajstić information content (AvgIpc) is 2.37. The molecule has 0 atom stereocenters. The number of hydrogen-bond donors (Lipinski definition) is 0. The molecule has 0 saturated heterocycles. The zero-order valence-electron chi connectivity index (χ0n) is 10.3. The Hall–Kier alpha value is -1.41. The van der Waals surface area contributed by atoms with Crippen molar-refractivity contribution in [3.8, 4) is 0 Å². The minimum absolute atomic E-state index is 0.204. The van der Waals surface area contributed by atoms with E-state index in [2.05, 4.69) is 22.0 Å². The molecule has 2 rings (SSSR count). The first-order chi connectivity index (χ1) is 8.65. The van der Waals surface area contributed by atoms with Crippen LogP contribution in [0.15, 0.2) is 53.0 Å². The Bertz CT molecular complexity index is 543. The molecule has 0 fully saturated rings. The summed E-state index contributed by atoms with van der Waals surface area (Å²) in [6.45, 7) is 2.02. The maximum atomic E-state index is 12.0. The summed E-state index contributed by atoms with van der Waals surface area (Å²) in [5, 5.41) is 0. The molecule has 0 aliphatic heterocycles. The molecular weight excluding hydrogens is 288 g/mol. The summed E-state index contributed by atoms with van der Waals surface area (Å²) >= 11 is 3.44. The van der Waals surface area contributed by atoms with Crippen molar-refractivity contribution < 1.29 is 4.79 Å². The van der Waals surface area contributed by atoms with Gasteiger partial charge in [-0.3, -0.25) is 4.79 Å². The Balaban J connectivity index is 1.98. The Morgan fingerprint density at radius 1 is 1.11 bits per heavy atom. The summed E-state index contributed by atoms with van der Waals surface area (Å²) in [5.74, 6) is 0.204. The Labute approximate surface area is 116 Å². The van der Waals surface area contributed by atoms with Crippen molar-refractivity contribution in [2.75, 3.05) is 0 Å². The maximum absolute atomic E-state index is 12.0. The Morgan fingerprint density at radius 3 is 2.50 bits per heavy atom. The molecule has 0 saturated carbocycles. The van der Waals surface area contributed by atoms with E-state index in [-0.39, 0.29) is 5.78 Å². The molecule has 0 amide bonds. The summed E-state index contributed by atoms with van der Waals surface area (Å²) in [7, 11) is 0. The lowest BCUT2D eigenvalue weighted by Gasteiger charge is -2.03. The molecule has 2 aromatic carbocycles. The number of Topliss-reactive ketones (excluding diaryl/α,β-unsaturated/α-hetero) is 1. The molecule has 0 aliphatic rings. The lowest BCUT2D eigenvalue weighted by atomic mass is 10.0. The van der Waals surface area contributed by atoms with E-state index in [9.17, 15) is 4.79 Å². The van der Waals surface area contributed by atoms with Gasteiger partial charge in [0.15, 0.2) is 5.78 Å². The van der Waals surface area contributed by atoms with Crippen molar-refractivity contribution >= 4 is 21.7 Å². The molecule has 1 nitrogen and oxygen atoms in total. The number of carbonyl (C=O) groups is 1. The van der Waals surface area contributed by atoms with E-state index in [0.29, 0.717) is 6.42 Å². The first-order valence-corrected chi connectivity index (χ1v) is 6.79. The quantitative estimate of drug-likeness (QED) is 0.756. The van der Waals surface area contributed by atoms with Gasteiger partial charge in [0.05, 0.1) is 0 Å². The van der Waals surface area contributed by atoms with E-state index in [1.54, 1.807) is 0 Å². The third kappa shape index (κ3) is 3.54. The summed E-state index contributed by atoms with van der Waals surface area (Å²) < 4.78 is 1.06. The van der Waals surface area contributed by atoms with Crippen LogP contribution in [0.25, 0.3) is 0 Å². The van der Waals surface area contributed by atoms with Crippen LogP contribution in [0.3, 0.4) is 0 Å². The number of halogens is 1. The van der Waals surface area contributed by atoms with Gasteiger partial charge in [0.2, 0.25) is 0 Å². The third-order valence-electron chi connectivity index (χ3n) is 2.90. The van der Waals surface area contributed by atoms with Crippen LogP contribution in [-0.2, 0) is 6.42 Å². The molecule has 0 heterocycles. The van der Waals surface area contributed by atoms with Crippen molar-refractivity contribution in [1.82, 2.24) is 0 Å². The number of ketones is 1. The van der Waals surface area contributed by atoms with Gasteiger partial charge in [0.25, 0.3) is 0 Å². The topological polar surface area (TPSA) is 17.1 Å². The molecule has 0 aliphatic carbocycles. The van der Waals surface area contributed by atoms with Gasteiger partial charge in [-0.25, -0.2) is 0 Å². The van der Waals surface area contributed by atoms with E-state index in [0.717, 1.165) is 16.5 Å².